The van der Waals surface area contributed by atoms with E-state index in [2.05, 4.69) is 4.98 Å². The second-order valence-electron chi connectivity index (χ2n) is 7.94. The Labute approximate surface area is 151 Å². The van der Waals surface area contributed by atoms with E-state index >= 15 is 0 Å². The summed E-state index contributed by atoms with van der Waals surface area (Å²) >= 11 is 0. The Hall–Kier alpha value is -1.83. The van der Waals surface area contributed by atoms with Crippen LogP contribution in [0.25, 0.3) is 0 Å². The minimum atomic E-state index is -4.39. The maximum atomic E-state index is 13.6. The fourth-order valence-corrected chi connectivity index (χ4v) is 4.16. The molecule has 0 radical (unpaired) electrons. The maximum absolute atomic E-state index is 13.6. The molecule has 2 N–H and O–H groups in total. The third-order valence-electron chi connectivity index (χ3n) is 5.55. The Morgan fingerprint density at radius 2 is 2.12 bits per heavy atom. The lowest BCUT2D eigenvalue weighted by atomic mass is 9.92. The number of anilines is 1. The summed E-state index contributed by atoms with van der Waals surface area (Å²) in [5.41, 5.74) is 6.07. The Morgan fingerprint density at radius 1 is 1.38 bits per heavy atom. The van der Waals surface area contributed by atoms with Gasteiger partial charge in [-0.15, -0.1) is 0 Å². The first-order chi connectivity index (χ1) is 12.1. The first kappa shape index (κ1) is 18.9. The molecule has 0 aliphatic carbocycles. The normalized spacial score (nSPS) is 26.4. The van der Waals surface area contributed by atoms with Gasteiger partial charge in [-0.3, -0.25) is 9.69 Å². The van der Waals surface area contributed by atoms with Crippen molar-refractivity contribution < 1.29 is 18.0 Å². The van der Waals surface area contributed by atoms with Crippen LogP contribution < -0.4 is 5.73 Å². The van der Waals surface area contributed by atoms with Crippen LogP contribution >= 0.6 is 0 Å². The zero-order chi connectivity index (χ0) is 19.1. The number of hydrogen-bond acceptors (Lipinski definition) is 4. The number of rotatable bonds is 3. The van der Waals surface area contributed by atoms with Gasteiger partial charge in [0.2, 0.25) is 5.91 Å². The van der Waals surface area contributed by atoms with Gasteiger partial charge in [0.05, 0.1) is 11.8 Å². The quantitative estimate of drug-likeness (QED) is 0.889. The lowest BCUT2D eigenvalue weighted by Crippen LogP contribution is -2.48. The molecule has 1 amide bonds. The van der Waals surface area contributed by atoms with Crippen LogP contribution in [0.5, 0.6) is 0 Å². The molecule has 3 heterocycles. The van der Waals surface area contributed by atoms with Crippen LogP contribution in [0.15, 0.2) is 18.3 Å². The van der Waals surface area contributed by atoms with Gasteiger partial charge in [-0.25, -0.2) is 4.98 Å². The molecule has 0 spiro atoms. The molecule has 26 heavy (non-hydrogen) atoms. The smallest absolute Gasteiger partial charge is 0.384 e. The number of nitrogen functional groups attached to an aromatic ring is 1. The topological polar surface area (TPSA) is 62.5 Å². The number of alkyl halides is 3. The number of pyridine rings is 1. The van der Waals surface area contributed by atoms with Crippen molar-refractivity contribution in [2.24, 2.45) is 11.8 Å². The molecule has 2 aliphatic rings. The van der Waals surface area contributed by atoms with Gasteiger partial charge in [0.15, 0.2) is 0 Å². The van der Waals surface area contributed by atoms with Gasteiger partial charge in [0.25, 0.3) is 0 Å². The summed E-state index contributed by atoms with van der Waals surface area (Å²) in [7, 11) is 0. The summed E-state index contributed by atoms with van der Waals surface area (Å²) in [6, 6.07) is 3.39. The predicted molar refractivity (Wildman–Crippen MR) is 92.0 cm³/mol. The zero-order valence-corrected chi connectivity index (χ0v) is 15.1. The van der Waals surface area contributed by atoms with E-state index in [0.29, 0.717) is 18.9 Å². The van der Waals surface area contributed by atoms with Crippen molar-refractivity contribution in [2.45, 2.75) is 44.9 Å². The number of likely N-dealkylation sites (tertiary alicyclic amines) is 2. The fourth-order valence-electron chi connectivity index (χ4n) is 4.16. The van der Waals surface area contributed by atoms with Crippen LogP contribution in [0.3, 0.4) is 0 Å². The molecule has 144 valence electrons. The Bertz CT molecular complexity index is 677. The number of amides is 1. The molecule has 3 rings (SSSR count). The lowest BCUT2D eigenvalue weighted by molar-refractivity contribution is -0.187. The van der Waals surface area contributed by atoms with Crippen LogP contribution in [0.2, 0.25) is 0 Å². The van der Waals surface area contributed by atoms with Crippen LogP contribution in [-0.2, 0) is 11.3 Å². The Kier molecular flexibility index (Phi) is 4.90. The van der Waals surface area contributed by atoms with Crippen LogP contribution in [0, 0.1) is 11.8 Å². The molecule has 0 aromatic carbocycles. The number of nitrogens with two attached hydrogens (primary N) is 1. The van der Waals surface area contributed by atoms with Gasteiger partial charge in [-0.2, -0.15) is 13.2 Å². The van der Waals surface area contributed by atoms with E-state index in [1.165, 1.54) is 6.20 Å². The summed E-state index contributed by atoms with van der Waals surface area (Å²) in [5.74, 6) is -2.72. The molecule has 2 atom stereocenters. The van der Waals surface area contributed by atoms with E-state index in [1.807, 2.05) is 13.8 Å². The fraction of sp³-hybridized carbons (Fsp3) is 0.667. The van der Waals surface area contributed by atoms with Crippen molar-refractivity contribution in [3.8, 4) is 0 Å². The number of carbonyl (C=O) groups is 1. The third kappa shape index (κ3) is 3.79. The van der Waals surface area contributed by atoms with E-state index in [0.717, 1.165) is 18.4 Å². The molecule has 2 saturated heterocycles. The zero-order valence-electron chi connectivity index (χ0n) is 15.1. The molecule has 2 aliphatic heterocycles. The summed E-state index contributed by atoms with van der Waals surface area (Å²) in [6.07, 6.45) is -1.20. The van der Waals surface area contributed by atoms with Crippen molar-refractivity contribution in [3.63, 3.8) is 0 Å². The van der Waals surface area contributed by atoms with Gasteiger partial charge in [0, 0.05) is 37.9 Å². The molecule has 2 fully saturated rings. The average Bonchev–Trinajstić information content (AvgIpc) is 3.09. The van der Waals surface area contributed by atoms with Crippen molar-refractivity contribution in [1.82, 2.24) is 14.8 Å². The third-order valence-corrected chi connectivity index (χ3v) is 5.55. The standard InChI is InChI=1S/C18H25F3N4O/c1-17(2)5-3-7-25(17)16(26)13-10-24(11-14(13)18(19,20)21)9-12-4-6-23-15(22)8-12/h4,6,8,13-14H,3,5,7,9-11H2,1-2H3,(H2,22,23)/t13-,14-/m1/s1. The van der Waals surface area contributed by atoms with E-state index in [9.17, 15) is 18.0 Å². The molecular formula is C18H25F3N4O. The van der Waals surface area contributed by atoms with Gasteiger partial charge in [0.1, 0.15) is 5.82 Å². The van der Waals surface area contributed by atoms with Gasteiger partial charge >= 0.3 is 6.18 Å². The highest BCUT2D eigenvalue weighted by Gasteiger charge is 2.54. The van der Waals surface area contributed by atoms with Crippen molar-refractivity contribution in [3.05, 3.63) is 23.9 Å². The molecule has 0 saturated carbocycles. The van der Waals surface area contributed by atoms with E-state index in [4.69, 9.17) is 5.73 Å². The maximum Gasteiger partial charge on any atom is 0.393 e. The molecule has 1 aromatic rings. The molecule has 0 bridgehead atoms. The minimum absolute atomic E-state index is 0.109. The van der Waals surface area contributed by atoms with Crippen molar-refractivity contribution in [1.29, 1.82) is 0 Å². The lowest BCUT2D eigenvalue weighted by Gasteiger charge is -2.35. The number of halogens is 3. The second-order valence-corrected chi connectivity index (χ2v) is 7.94. The summed E-state index contributed by atoms with van der Waals surface area (Å²) < 4.78 is 40.8. The van der Waals surface area contributed by atoms with E-state index in [1.54, 1.807) is 21.9 Å². The number of aromatic nitrogens is 1. The van der Waals surface area contributed by atoms with Crippen molar-refractivity contribution >= 4 is 11.7 Å². The summed E-state index contributed by atoms with van der Waals surface area (Å²) in [4.78, 5) is 20.2. The molecular weight excluding hydrogens is 345 g/mol. The number of nitrogens with zero attached hydrogens (tertiary/aromatic N) is 3. The van der Waals surface area contributed by atoms with Gasteiger partial charge < -0.3 is 10.6 Å². The number of hydrogen-bond donors (Lipinski definition) is 1. The highest BCUT2D eigenvalue weighted by atomic mass is 19.4. The van der Waals surface area contributed by atoms with Gasteiger partial charge in [-0.05, 0) is 44.4 Å². The second kappa shape index (κ2) is 6.72. The highest BCUT2D eigenvalue weighted by molar-refractivity contribution is 5.81. The molecule has 5 nitrogen and oxygen atoms in total. The predicted octanol–water partition coefficient (Wildman–Crippen LogP) is 2.68. The monoisotopic (exact) mass is 370 g/mol. The molecule has 8 heteroatoms. The first-order valence-electron chi connectivity index (χ1n) is 8.89. The first-order valence-corrected chi connectivity index (χ1v) is 8.89. The number of carbonyl (C=O) groups excluding carboxylic acids is 1. The average molecular weight is 370 g/mol. The van der Waals surface area contributed by atoms with Crippen LogP contribution in [-0.4, -0.2) is 52.0 Å². The van der Waals surface area contributed by atoms with Crippen LogP contribution in [0.4, 0.5) is 19.0 Å². The van der Waals surface area contributed by atoms with E-state index < -0.39 is 18.0 Å². The molecule has 1 aromatic heterocycles. The Balaban J connectivity index is 1.78. The summed E-state index contributed by atoms with van der Waals surface area (Å²) in [6.45, 7) is 4.65. The SMILES string of the molecule is CC1(C)CCCN1C(=O)[C@@H]1CN(Cc2ccnc(N)c2)C[C@H]1C(F)(F)F. The minimum Gasteiger partial charge on any atom is -0.384 e. The Morgan fingerprint density at radius 3 is 2.69 bits per heavy atom. The highest BCUT2D eigenvalue weighted by Crippen LogP contribution is 2.41. The summed E-state index contributed by atoms with van der Waals surface area (Å²) in [5, 5.41) is 0. The molecule has 0 unspecified atom stereocenters. The van der Waals surface area contributed by atoms with Crippen LogP contribution in [0.1, 0.15) is 32.3 Å². The van der Waals surface area contributed by atoms with Crippen molar-refractivity contribution in [2.75, 3.05) is 25.4 Å². The van der Waals surface area contributed by atoms with Gasteiger partial charge in [-0.1, -0.05) is 0 Å². The van der Waals surface area contributed by atoms with E-state index in [-0.39, 0.29) is 24.5 Å². The largest absolute Gasteiger partial charge is 0.393 e.